The Hall–Kier alpha value is -2.57. The zero-order valence-corrected chi connectivity index (χ0v) is 15.6. The van der Waals surface area contributed by atoms with E-state index in [-0.39, 0.29) is 24.8 Å². The van der Waals surface area contributed by atoms with E-state index in [1.54, 1.807) is 13.0 Å². The average molecular weight is 362 g/mol. The number of aryl methyl sites for hydroxylation is 1. The minimum Gasteiger partial charge on any atom is -0.495 e. The Labute approximate surface area is 153 Å². The van der Waals surface area contributed by atoms with Crippen LogP contribution in [0.2, 0.25) is 0 Å². The first-order valence-corrected chi connectivity index (χ1v) is 8.76. The molecule has 1 fully saturated rings. The van der Waals surface area contributed by atoms with Gasteiger partial charge in [0.2, 0.25) is 11.8 Å². The van der Waals surface area contributed by atoms with Gasteiger partial charge < -0.3 is 20.1 Å². The molecule has 1 aromatic rings. The number of carbonyl (C=O) groups is 3. The molecule has 7 nitrogen and oxygen atoms in total. The fourth-order valence-electron chi connectivity index (χ4n) is 3.08. The number of methoxy groups -OCH3 is 1. The molecular formula is C19H26N2O5. The molecule has 0 radical (unpaired) electrons. The second-order valence-corrected chi connectivity index (χ2v) is 6.79. The fraction of sp³-hybridized carbons (Fsp3) is 0.526. The normalized spacial score (nSPS) is 19.2. The number of amides is 2. The van der Waals surface area contributed by atoms with Gasteiger partial charge in [0, 0.05) is 13.0 Å². The van der Waals surface area contributed by atoms with Crippen molar-refractivity contribution in [2.24, 2.45) is 11.8 Å². The van der Waals surface area contributed by atoms with Crippen LogP contribution in [-0.2, 0) is 14.4 Å². The summed E-state index contributed by atoms with van der Waals surface area (Å²) in [6.45, 7) is 5.77. The van der Waals surface area contributed by atoms with E-state index in [0.717, 1.165) is 5.56 Å². The number of carboxylic acids is 1. The van der Waals surface area contributed by atoms with Crippen molar-refractivity contribution in [1.82, 2.24) is 5.32 Å². The molecule has 0 aliphatic carbocycles. The molecule has 1 aliphatic heterocycles. The summed E-state index contributed by atoms with van der Waals surface area (Å²) in [5, 5.41) is 11.9. The lowest BCUT2D eigenvalue weighted by Gasteiger charge is -2.23. The van der Waals surface area contributed by atoms with Gasteiger partial charge in [0.25, 0.3) is 0 Å². The Kier molecular flexibility index (Phi) is 6.23. The second kappa shape index (κ2) is 8.21. The first kappa shape index (κ1) is 19.8. The van der Waals surface area contributed by atoms with Crippen molar-refractivity contribution in [2.75, 3.05) is 18.6 Å². The first-order chi connectivity index (χ1) is 12.3. The van der Waals surface area contributed by atoms with Crippen LogP contribution >= 0.6 is 0 Å². The quantitative estimate of drug-likeness (QED) is 0.773. The highest BCUT2D eigenvalue weighted by Crippen LogP contribution is 2.34. The van der Waals surface area contributed by atoms with E-state index >= 15 is 0 Å². The van der Waals surface area contributed by atoms with Crippen LogP contribution < -0.4 is 15.0 Å². The van der Waals surface area contributed by atoms with Gasteiger partial charge in [0.05, 0.1) is 18.7 Å². The lowest BCUT2D eigenvalue weighted by atomic mass is 9.98. The van der Waals surface area contributed by atoms with Gasteiger partial charge in [0.1, 0.15) is 11.8 Å². The number of aliphatic carboxylic acids is 1. The summed E-state index contributed by atoms with van der Waals surface area (Å²) in [5.41, 5.74) is 1.61. The van der Waals surface area contributed by atoms with Gasteiger partial charge >= 0.3 is 5.97 Å². The van der Waals surface area contributed by atoms with Crippen LogP contribution in [0.1, 0.15) is 32.3 Å². The van der Waals surface area contributed by atoms with Crippen LogP contribution in [0, 0.1) is 18.8 Å². The van der Waals surface area contributed by atoms with Crippen LogP contribution in [-0.4, -0.2) is 42.6 Å². The third-order valence-electron chi connectivity index (χ3n) is 4.90. The van der Waals surface area contributed by atoms with Gasteiger partial charge in [-0.15, -0.1) is 0 Å². The van der Waals surface area contributed by atoms with Gasteiger partial charge in [-0.1, -0.05) is 26.3 Å². The van der Waals surface area contributed by atoms with E-state index in [9.17, 15) is 19.5 Å². The first-order valence-electron chi connectivity index (χ1n) is 8.76. The maximum absolute atomic E-state index is 12.5. The van der Waals surface area contributed by atoms with Crippen LogP contribution in [0.4, 0.5) is 5.69 Å². The number of nitrogens with one attached hydrogen (secondary N) is 1. The van der Waals surface area contributed by atoms with Crippen molar-refractivity contribution in [2.45, 2.75) is 39.7 Å². The van der Waals surface area contributed by atoms with Gasteiger partial charge in [-0.05, 0) is 30.5 Å². The number of hydrogen-bond donors (Lipinski definition) is 2. The monoisotopic (exact) mass is 362 g/mol. The van der Waals surface area contributed by atoms with Gasteiger partial charge in [-0.25, -0.2) is 4.79 Å². The number of carbonyl (C=O) groups excluding carboxylic acids is 2. The van der Waals surface area contributed by atoms with Crippen molar-refractivity contribution >= 4 is 23.5 Å². The molecule has 1 heterocycles. The van der Waals surface area contributed by atoms with Gasteiger partial charge in [-0.3, -0.25) is 9.59 Å². The molecule has 0 spiro atoms. The zero-order chi connectivity index (χ0) is 19.4. The average Bonchev–Trinajstić information content (AvgIpc) is 3.00. The molecular weight excluding hydrogens is 336 g/mol. The molecule has 1 aromatic carbocycles. The lowest BCUT2D eigenvalue weighted by Crippen LogP contribution is -2.47. The molecule has 3 atom stereocenters. The van der Waals surface area contributed by atoms with Crippen molar-refractivity contribution in [1.29, 1.82) is 0 Å². The Bertz CT molecular complexity index is 703. The maximum Gasteiger partial charge on any atom is 0.326 e. The lowest BCUT2D eigenvalue weighted by molar-refractivity contribution is -0.143. The molecule has 2 rings (SSSR count). The summed E-state index contributed by atoms with van der Waals surface area (Å²) in [4.78, 5) is 37.9. The van der Waals surface area contributed by atoms with Crippen LogP contribution in [0.5, 0.6) is 5.75 Å². The molecule has 142 valence electrons. The fourth-order valence-corrected chi connectivity index (χ4v) is 3.08. The number of hydrogen-bond acceptors (Lipinski definition) is 4. The third-order valence-corrected chi connectivity index (χ3v) is 4.90. The van der Waals surface area contributed by atoms with E-state index in [1.807, 2.05) is 26.0 Å². The smallest absolute Gasteiger partial charge is 0.326 e. The van der Waals surface area contributed by atoms with E-state index in [4.69, 9.17) is 4.74 Å². The van der Waals surface area contributed by atoms with Crippen LogP contribution in [0.3, 0.4) is 0 Å². The minimum atomic E-state index is -1.06. The van der Waals surface area contributed by atoms with E-state index in [1.165, 1.54) is 12.0 Å². The summed E-state index contributed by atoms with van der Waals surface area (Å²) in [7, 11) is 1.53. The topological polar surface area (TPSA) is 95.9 Å². The largest absolute Gasteiger partial charge is 0.495 e. The predicted octanol–water partition coefficient (Wildman–Crippen LogP) is 1.97. The SMILES string of the molecule is CCC(C)C(NC(=O)C1CC(=O)N(c2cc(C)ccc2OC)C1)C(=O)O. The van der Waals surface area contributed by atoms with Crippen LogP contribution in [0.15, 0.2) is 18.2 Å². The van der Waals surface area contributed by atoms with Gasteiger partial charge in [-0.2, -0.15) is 0 Å². The summed E-state index contributed by atoms with van der Waals surface area (Å²) in [6, 6.07) is 4.56. The maximum atomic E-state index is 12.5. The molecule has 3 unspecified atom stereocenters. The molecule has 2 amide bonds. The second-order valence-electron chi connectivity index (χ2n) is 6.79. The van der Waals surface area contributed by atoms with Crippen LogP contribution in [0.25, 0.3) is 0 Å². The highest BCUT2D eigenvalue weighted by Gasteiger charge is 2.38. The number of rotatable bonds is 7. The van der Waals surface area contributed by atoms with Gasteiger partial charge in [0.15, 0.2) is 0 Å². The minimum absolute atomic E-state index is 0.0514. The molecule has 2 N–H and O–H groups in total. The Balaban J connectivity index is 2.15. The number of ether oxygens (including phenoxy) is 1. The summed E-state index contributed by atoms with van der Waals surface area (Å²) in [6.07, 6.45) is 0.684. The number of carboxylic acid groups (broad SMARTS) is 1. The Morgan fingerprint density at radius 1 is 1.42 bits per heavy atom. The molecule has 1 aliphatic rings. The highest BCUT2D eigenvalue weighted by atomic mass is 16.5. The highest BCUT2D eigenvalue weighted by molar-refractivity contribution is 6.01. The summed E-state index contributed by atoms with van der Waals surface area (Å²) < 4.78 is 5.33. The van der Waals surface area contributed by atoms with Crippen molar-refractivity contribution < 1.29 is 24.2 Å². The molecule has 26 heavy (non-hydrogen) atoms. The third kappa shape index (κ3) is 4.15. The van der Waals surface area contributed by atoms with E-state index in [2.05, 4.69) is 5.32 Å². The predicted molar refractivity (Wildman–Crippen MR) is 97.2 cm³/mol. The van der Waals surface area contributed by atoms with E-state index in [0.29, 0.717) is 17.9 Å². The van der Waals surface area contributed by atoms with Crippen molar-refractivity contribution in [3.05, 3.63) is 23.8 Å². The number of anilines is 1. The summed E-state index contributed by atoms with van der Waals surface area (Å²) >= 11 is 0. The molecule has 0 bridgehead atoms. The number of benzene rings is 1. The molecule has 7 heteroatoms. The molecule has 0 aromatic heterocycles. The van der Waals surface area contributed by atoms with E-state index < -0.39 is 23.8 Å². The number of nitrogens with zero attached hydrogens (tertiary/aromatic N) is 1. The summed E-state index contributed by atoms with van der Waals surface area (Å²) in [5.74, 6) is -1.85. The molecule has 1 saturated heterocycles. The Morgan fingerprint density at radius 3 is 2.69 bits per heavy atom. The molecule has 0 saturated carbocycles. The standard InChI is InChI=1S/C19H26N2O5/c1-5-12(3)17(19(24)25)20-18(23)13-9-16(22)21(10-13)14-8-11(2)6-7-15(14)26-4/h6-8,12-13,17H,5,9-10H2,1-4H3,(H,20,23)(H,24,25). The zero-order valence-electron chi connectivity index (χ0n) is 15.6. The van der Waals surface area contributed by atoms with Crippen molar-refractivity contribution in [3.8, 4) is 5.75 Å². The Morgan fingerprint density at radius 2 is 2.12 bits per heavy atom. The van der Waals surface area contributed by atoms with Crippen molar-refractivity contribution in [3.63, 3.8) is 0 Å².